The molecule has 7 heteroatoms. The molecule has 0 aromatic carbocycles. The summed E-state index contributed by atoms with van der Waals surface area (Å²) in [5, 5.41) is 2.76. The number of ketones is 1. The molecule has 1 heterocycles. The van der Waals surface area contributed by atoms with Crippen molar-refractivity contribution in [2.24, 2.45) is 5.41 Å². The summed E-state index contributed by atoms with van der Waals surface area (Å²) < 4.78 is 40.7. The van der Waals surface area contributed by atoms with Gasteiger partial charge in [-0.2, -0.15) is 18.2 Å². The number of nitrogens with zero attached hydrogens (tertiary/aromatic N) is 2. The fourth-order valence-corrected chi connectivity index (χ4v) is 0.844. The molecule has 0 atom stereocenters. The lowest BCUT2D eigenvalue weighted by Gasteiger charge is -2.14. The fraction of sp³-hybridized carbons (Fsp3) is 0.667. The predicted octanol–water partition coefficient (Wildman–Crippen LogP) is 2.25. The zero-order valence-electron chi connectivity index (χ0n) is 9.05. The molecular weight excluding hydrogens is 225 g/mol. The lowest BCUT2D eigenvalue weighted by molar-refractivity contribution is -0.146. The molecule has 4 nitrogen and oxygen atoms in total. The monoisotopic (exact) mass is 236 g/mol. The summed E-state index contributed by atoms with van der Waals surface area (Å²) in [7, 11) is 0. The highest BCUT2D eigenvalue weighted by Crippen LogP contribution is 2.26. The summed E-state index contributed by atoms with van der Waals surface area (Å²) >= 11 is 0. The molecule has 0 aliphatic heterocycles. The van der Waals surface area contributed by atoms with E-state index in [1.807, 2.05) is 0 Å². The van der Waals surface area contributed by atoms with E-state index >= 15 is 0 Å². The van der Waals surface area contributed by atoms with Crippen LogP contribution < -0.4 is 0 Å². The van der Waals surface area contributed by atoms with Crippen molar-refractivity contribution >= 4 is 5.78 Å². The van der Waals surface area contributed by atoms with Crippen molar-refractivity contribution in [3.05, 3.63) is 11.7 Å². The standard InChI is InChI=1S/C9H11F3N2O2/c1-8(2,3)5(15)4-6-13-7(14-16-6)9(10,11)12/h4H2,1-3H3. The number of aromatic nitrogens is 2. The smallest absolute Gasteiger partial charge is 0.339 e. The third-order valence-electron chi connectivity index (χ3n) is 1.87. The number of rotatable bonds is 2. The van der Waals surface area contributed by atoms with Gasteiger partial charge in [-0.25, -0.2) is 0 Å². The van der Waals surface area contributed by atoms with Gasteiger partial charge < -0.3 is 4.52 Å². The third kappa shape index (κ3) is 3.04. The van der Waals surface area contributed by atoms with E-state index in [2.05, 4.69) is 14.7 Å². The van der Waals surface area contributed by atoms with Crippen LogP contribution in [0.15, 0.2) is 4.52 Å². The minimum absolute atomic E-state index is 0.259. The van der Waals surface area contributed by atoms with E-state index in [9.17, 15) is 18.0 Å². The van der Waals surface area contributed by atoms with Gasteiger partial charge in [-0.3, -0.25) is 4.79 Å². The number of halogens is 3. The van der Waals surface area contributed by atoms with Crippen molar-refractivity contribution in [1.29, 1.82) is 0 Å². The van der Waals surface area contributed by atoms with Gasteiger partial charge in [0.05, 0.1) is 6.42 Å². The van der Waals surface area contributed by atoms with Crippen molar-refractivity contribution < 1.29 is 22.5 Å². The molecular formula is C9H11F3N2O2. The Balaban J connectivity index is 2.78. The van der Waals surface area contributed by atoms with E-state index in [0.29, 0.717) is 0 Å². The molecule has 0 spiro atoms. The van der Waals surface area contributed by atoms with Crippen LogP contribution in [0.2, 0.25) is 0 Å². The lowest BCUT2D eigenvalue weighted by Crippen LogP contribution is -2.22. The molecule has 16 heavy (non-hydrogen) atoms. The van der Waals surface area contributed by atoms with Crippen molar-refractivity contribution in [3.8, 4) is 0 Å². The topological polar surface area (TPSA) is 56.0 Å². The number of carbonyl (C=O) groups excluding carboxylic acids is 1. The maximum atomic E-state index is 12.1. The molecule has 0 bridgehead atoms. The molecule has 0 unspecified atom stereocenters. The van der Waals surface area contributed by atoms with Gasteiger partial charge in [-0.1, -0.05) is 25.9 Å². The van der Waals surface area contributed by atoms with Gasteiger partial charge in [-0.15, -0.1) is 0 Å². The average molecular weight is 236 g/mol. The van der Waals surface area contributed by atoms with Crippen LogP contribution in [0.25, 0.3) is 0 Å². The molecule has 0 N–H and O–H groups in total. The SMILES string of the molecule is CC(C)(C)C(=O)Cc1nc(C(F)(F)F)no1. The Morgan fingerprint density at radius 1 is 1.31 bits per heavy atom. The number of Topliss-reactive ketones (excluding diaryl/α,β-unsaturated/α-hetero) is 1. The van der Waals surface area contributed by atoms with Crippen LogP contribution in [-0.4, -0.2) is 15.9 Å². The van der Waals surface area contributed by atoms with Crippen LogP contribution in [0, 0.1) is 5.41 Å². The number of carbonyl (C=O) groups is 1. The van der Waals surface area contributed by atoms with Crippen LogP contribution in [0.1, 0.15) is 32.5 Å². The summed E-state index contributed by atoms with van der Waals surface area (Å²) in [5.41, 5.74) is -0.646. The first-order valence-electron chi connectivity index (χ1n) is 4.54. The Morgan fingerprint density at radius 2 is 1.88 bits per heavy atom. The highest BCUT2D eigenvalue weighted by molar-refractivity contribution is 5.84. The fourth-order valence-electron chi connectivity index (χ4n) is 0.844. The Bertz CT molecular complexity index is 390. The van der Waals surface area contributed by atoms with Gasteiger partial charge in [-0.05, 0) is 0 Å². The number of alkyl halides is 3. The molecule has 0 amide bonds. The molecule has 0 aliphatic carbocycles. The Hall–Kier alpha value is -1.40. The minimum Gasteiger partial charge on any atom is -0.339 e. The summed E-state index contributed by atoms with van der Waals surface area (Å²) in [6.45, 7) is 4.99. The van der Waals surface area contributed by atoms with Gasteiger partial charge >= 0.3 is 6.18 Å². The Labute approximate surface area is 89.8 Å². The van der Waals surface area contributed by atoms with E-state index in [1.54, 1.807) is 20.8 Å². The van der Waals surface area contributed by atoms with Crippen LogP contribution in [0.3, 0.4) is 0 Å². The molecule has 0 radical (unpaired) electrons. The van der Waals surface area contributed by atoms with Crippen molar-refractivity contribution in [2.75, 3.05) is 0 Å². The first-order valence-corrected chi connectivity index (χ1v) is 4.54. The van der Waals surface area contributed by atoms with Crippen molar-refractivity contribution in [1.82, 2.24) is 10.1 Å². The van der Waals surface area contributed by atoms with Gasteiger partial charge in [0.15, 0.2) is 0 Å². The van der Waals surface area contributed by atoms with Gasteiger partial charge in [0, 0.05) is 5.41 Å². The largest absolute Gasteiger partial charge is 0.455 e. The Kier molecular flexibility index (Phi) is 3.07. The van der Waals surface area contributed by atoms with E-state index in [1.165, 1.54) is 0 Å². The maximum Gasteiger partial charge on any atom is 0.455 e. The van der Waals surface area contributed by atoms with Gasteiger partial charge in [0.2, 0.25) is 5.89 Å². The molecule has 0 fully saturated rings. The molecule has 0 saturated heterocycles. The molecule has 1 aromatic heterocycles. The van der Waals surface area contributed by atoms with Crippen LogP contribution in [0.5, 0.6) is 0 Å². The second-order valence-corrected chi connectivity index (χ2v) is 4.36. The van der Waals surface area contributed by atoms with Crippen LogP contribution >= 0.6 is 0 Å². The maximum absolute atomic E-state index is 12.1. The highest BCUT2D eigenvalue weighted by Gasteiger charge is 2.37. The number of hydrogen-bond acceptors (Lipinski definition) is 4. The van der Waals surface area contributed by atoms with Gasteiger partial charge in [0.1, 0.15) is 5.78 Å². The molecule has 0 saturated carbocycles. The first kappa shape index (κ1) is 12.7. The second-order valence-electron chi connectivity index (χ2n) is 4.36. The van der Waals surface area contributed by atoms with Gasteiger partial charge in [0.25, 0.3) is 5.82 Å². The predicted molar refractivity (Wildman–Crippen MR) is 47.5 cm³/mol. The summed E-state index contributed by atoms with van der Waals surface area (Å²) in [6.07, 6.45) is -4.93. The molecule has 1 rings (SSSR count). The quantitative estimate of drug-likeness (QED) is 0.790. The molecule has 1 aromatic rings. The summed E-state index contributed by atoms with van der Waals surface area (Å²) in [6, 6.07) is 0. The Morgan fingerprint density at radius 3 is 2.25 bits per heavy atom. The second kappa shape index (κ2) is 3.88. The number of hydrogen-bond donors (Lipinski definition) is 0. The summed E-state index contributed by atoms with van der Waals surface area (Å²) in [5.74, 6) is -1.93. The van der Waals surface area contributed by atoms with E-state index in [0.717, 1.165) is 0 Å². The molecule has 90 valence electrons. The third-order valence-corrected chi connectivity index (χ3v) is 1.87. The van der Waals surface area contributed by atoms with Crippen molar-refractivity contribution in [2.45, 2.75) is 33.4 Å². The van der Waals surface area contributed by atoms with E-state index in [-0.39, 0.29) is 18.1 Å². The minimum atomic E-state index is -4.65. The zero-order chi connectivity index (χ0) is 12.6. The highest BCUT2D eigenvalue weighted by atomic mass is 19.4. The van der Waals surface area contributed by atoms with Crippen molar-refractivity contribution in [3.63, 3.8) is 0 Å². The van der Waals surface area contributed by atoms with Crippen LogP contribution in [-0.2, 0) is 17.4 Å². The molecule has 0 aliphatic rings. The zero-order valence-corrected chi connectivity index (χ0v) is 9.05. The van der Waals surface area contributed by atoms with Crippen LogP contribution in [0.4, 0.5) is 13.2 Å². The average Bonchev–Trinajstić information content (AvgIpc) is 2.49. The lowest BCUT2D eigenvalue weighted by atomic mass is 9.89. The van der Waals surface area contributed by atoms with E-state index < -0.39 is 17.4 Å². The summed E-state index contributed by atoms with van der Waals surface area (Å²) in [4.78, 5) is 14.6. The normalized spacial score (nSPS) is 12.9. The first-order chi connectivity index (χ1) is 7.10. The van der Waals surface area contributed by atoms with E-state index in [4.69, 9.17) is 0 Å².